The van der Waals surface area contributed by atoms with Crippen molar-refractivity contribution in [3.63, 3.8) is 0 Å². The maximum atomic E-state index is 12.3. The summed E-state index contributed by atoms with van der Waals surface area (Å²) >= 11 is 11.7. The Bertz CT molecular complexity index is 919. The van der Waals surface area contributed by atoms with Gasteiger partial charge in [0.25, 0.3) is 5.56 Å². The van der Waals surface area contributed by atoms with E-state index in [1.165, 1.54) is 10.9 Å². The highest BCUT2D eigenvalue weighted by Gasteiger charge is 2.23. The molecule has 3 aromatic rings. The van der Waals surface area contributed by atoms with Gasteiger partial charge in [-0.25, -0.2) is 4.68 Å². The van der Waals surface area contributed by atoms with Crippen molar-refractivity contribution in [3.05, 3.63) is 62.3 Å². The smallest absolute Gasteiger partial charge is 0.287 e. The van der Waals surface area contributed by atoms with Crippen LogP contribution in [-0.4, -0.2) is 20.0 Å². The first kappa shape index (κ1) is 16.7. The number of aromatic nitrogens is 4. The van der Waals surface area contributed by atoms with Crippen molar-refractivity contribution in [3.8, 4) is 11.5 Å². The molecule has 2 heterocycles. The average molecular weight is 365 g/mol. The molecule has 0 aliphatic rings. The van der Waals surface area contributed by atoms with Gasteiger partial charge in [-0.05, 0) is 25.5 Å². The largest absolute Gasteiger partial charge is 0.418 e. The van der Waals surface area contributed by atoms with E-state index in [9.17, 15) is 4.79 Å². The monoisotopic (exact) mass is 364 g/mol. The summed E-state index contributed by atoms with van der Waals surface area (Å²) in [5, 5.41) is 12.2. The Morgan fingerprint density at radius 1 is 1.21 bits per heavy atom. The summed E-state index contributed by atoms with van der Waals surface area (Å²) in [5.74, 6) is 0.678. The molecule has 8 heteroatoms. The second-order valence-corrected chi connectivity index (χ2v) is 6.08. The molecule has 124 valence electrons. The zero-order valence-electron chi connectivity index (χ0n) is 13.0. The summed E-state index contributed by atoms with van der Waals surface area (Å²) < 4.78 is 6.95. The number of hydrogen-bond donors (Lipinski definition) is 0. The van der Waals surface area contributed by atoms with Crippen LogP contribution in [0.5, 0.6) is 0 Å². The lowest BCUT2D eigenvalue weighted by atomic mass is 10.1. The van der Waals surface area contributed by atoms with Crippen molar-refractivity contribution in [2.24, 2.45) is 0 Å². The SMILES string of the molecule is CCC(c1nnc(-c2ccc(C)cc2)o1)n1ncc(Cl)c(Cl)c1=O. The van der Waals surface area contributed by atoms with Gasteiger partial charge in [0.05, 0.1) is 11.2 Å². The van der Waals surface area contributed by atoms with Gasteiger partial charge < -0.3 is 4.42 Å². The summed E-state index contributed by atoms with van der Waals surface area (Å²) in [4.78, 5) is 12.3. The van der Waals surface area contributed by atoms with Crippen molar-refractivity contribution in [1.29, 1.82) is 0 Å². The average Bonchev–Trinajstić information content (AvgIpc) is 3.06. The van der Waals surface area contributed by atoms with Crippen molar-refractivity contribution < 1.29 is 4.42 Å². The summed E-state index contributed by atoms with van der Waals surface area (Å²) in [5.41, 5.74) is 1.45. The number of aryl methyl sites for hydroxylation is 1. The predicted octanol–water partition coefficient (Wildman–Crippen LogP) is 3.91. The molecule has 0 radical (unpaired) electrons. The van der Waals surface area contributed by atoms with Crippen LogP contribution in [-0.2, 0) is 0 Å². The molecule has 0 fully saturated rings. The third-order valence-corrected chi connectivity index (χ3v) is 4.36. The molecule has 24 heavy (non-hydrogen) atoms. The van der Waals surface area contributed by atoms with E-state index >= 15 is 0 Å². The Labute approximate surface area is 148 Å². The third kappa shape index (κ3) is 3.07. The normalized spacial score (nSPS) is 12.3. The Balaban J connectivity index is 2.00. The lowest BCUT2D eigenvalue weighted by molar-refractivity contribution is 0.377. The van der Waals surface area contributed by atoms with E-state index in [0.29, 0.717) is 18.2 Å². The fourth-order valence-electron chi connectivity index (χ4n) is 2.28. The first-order valence-corrected chi connectivity index (χ1v) is 8.10. The number of nitrogens with zero attached hydrogens (tertiary/aromatic N) is 4. The lowest BCUT2D eigenvalue weighted by Gasteiger charge is -2.13. The number of rotatable bonds is 4. The highest BCUT2D eigenvalue weighted by atomic mass is 35.5. The number of halogens is 2. The molecule has 0 aliphatic carbocycles. The first-order chi connectivity index (χ1) is 11.5. The fourth-order valence-corrected chi connectivity index (χ4v) is 2.54. The first-order valence-electron chi connectivity index (χ1n) is 7.34. The van der Waals surface area contributed by atoms with Crippen molar-refractivity contribution >= 4 is 23.2 Å². The summed E-state index contributed by atoms with van der Waals surface area (Å²) in [6, 6.07) is 7.20. The van der Waals surface area contributed by atoms with E-state index in [2.05, 4.69) is 15.3 Å². The minimum absolute atomic E-state index is 0.0802. The Morgan fingerprint density at radius 3 is 2.58 bits per heavy atom. The molecule has 6 nitrogen and oxygen atoms in total. The lowest BCUT2D eigenvalue weighted by Crippen LogP contribution is -2.28. The van der Waals surface area contributed by atoms with E-state index < -0.39 is 11.6 Å². The van der Waals surface area contributed by atoms with Crippen LogP contribution in [0.1, 0.15) is 30.8 Å². The van der Waals surface area contributed by atoms with Crippen molar-refractivity contribution in [1.82, 2.24) is 20.0 Å². The predicted molar refractivity (Wildman–Crippen MR) is 91.4 cm³/mol. The molecule has 3 rings (SSSR count). The van der Waals surface area contributed by atoms with Gasteiger partial charge in [-0.3, -0.25) is 4.79 Å². The van der Waals surface area contributed by atoms with Crippen LogP contribution >= 0.6 is 23.2 Å². The van der Waals surface area contributed by atoms with Crippen LogP contribution in [0.15, 0.2) is 39.7 Å². The van der Waals surface area contributed by atoms with Crippen LogP contribution < -0.4 is 5.56 Å². The van der Waals surface area contributed by atoms with E-state index in [4.69, 9.17) is 27.6 Å². The van der Waals surface area contributed by atoms with Crippen LogP contribution in [0.2, 0.25) is 10.0 Å². The van der Waals surface area contributed by atoms with Crippen LogP contribution in [0.25, 0.3) is 11.5 Å². The molecule has 0 saturated carbocycles. The van der Waals surface area contributed by atoms with Gasteiger partial charge in [-0.2, -0.15) is 5.10 Å². The molecule has 0 saturated heterocycles. The molecule has 1 unspecified atom stereocenters. The zero-order valence-corrected chi connectivity index (χ0v) is 14.5. The molecule has 0 bridgehead atoms. The van der Waals surface area contributed by atoms with Crippen LogP contribution in [0.3, 0.4) is 0 Å². The Kier molecular flexibility index (Phi) is 4.69. The Hall–Kier alpha value is -2.18. The van der Waals surface area contributed by atoms with E-state index in [-0.39, 0.29) is 10.0 Å². The van der Waals surface area contributed by atoms with Crippen LogP contribution in [0.4, 0.5) is 0 Å². The maximum absolute atomic E-state index is 12.3. The fraction of sp³-hybridized carbons (Fsp3) is 0.250. The molecule has 1 atom stereocenters. The molecule has 0 spiro atoms. The molecule has 0 aliphatic heterocycles. The van der Waals surface area contributed by atoms with Gasteiger partial charge in [0, 0.05) is 5.56 Å². The van der Waals surface area contributed by atoms with E-state index in [0.717, 1.165) is 11.1 Å². The van der Waals surface area contributed by atoms with E-state index in [1.54, 1.807) is 0 Å². The second kappa shape index (κ2) is 6.75. The summed E-state index contributed by atoms with van der Waals surface area (Å²) in [6.45, 7) is 3.88. The molecular weight excluding hydrogens is 351 g/mol. The number of hydrogen-bond acceptors (Lipinski definition) is 5. The maximum Gasteiger partial charge on any atom is 0.287 e. The van der Waals surface area contributed by atoms with Crippen molar-refractivity contribution in [2.45, 2.75) is 26.3 Å². The molecule has 0 amide bonds. The zero-order chi connectivity index (χ0) is 17.3. The molecular formula is C16H14Cl2N4O2. The third-order valence-electron chi connectivity index (χ3n) is 3.61. The standard InChI is InChI=1S/C16H14Cl2N4O2/c1-3-12(22-16(23)13(18)11(17)8-19-22)15-21-20-14(24-15)10-6-4-9(2)5-7-10/h4-8,12H,3H2,1-2H3. The van der Waals surface area contributed by atoms with Gasteiger partial charge >= 0.3 is 0 Å². The minimum Gasteiger partial charge on any atom is -0.418 e. The highest BCUT2D eigenvalue weighted by Crippen LogP contribution is 2.25. The van der Waals surface area contributed by atoms with Gasteiger partial charge in [0.1, 0.15) is 11.1 Å². The second-order valence-electron chi connectivity index (χ2n) is 5.29. The van der Waals surface area contributed by atoms with Gasteiger partial charge in [0.2, 0.25) is 11.8 Å². The van der Waals surface area contributed by atoms with Crippen molar-refractivity contribution in [2.75, 3.05) is 0 Å². The summed E-state index contributed by atoms with van der Waals surface area (Å²) in [7, 11) is 0. The number of benzene rings is 1. The quantitative estimate of drug-likeness (QED) is 0.701. The molecule has 1 aromatic carbocycles. The van der Waals surface area contributed by atoms with E-state index in [1.807, 2.05) is 38.1 Å². The minimum atomic E-state index is -0.515. The Morgan fingerprint density at radius 2 is 1.92 bits per heavy atom. The summed E-state index contributed by atoms with van der Waals surface area (Å²) in [6.07, 6.45) is 1.85. The molecule has 2 aromatic heterocycles. The highest BCUT2D eigenvalue weighted by molar-refractivity contribution is 6.41. The van der Waals surface area contributed by atoms with Crippen LogP contribution in [0, 0.1) is 6.92 Å². The van der Waals surface area contributed by atoms with Gasteiger partial charge in [0.15, 0.2) is 0 Å². The van der Waals surface area contributed by atoms with Gasteiger partial charge in [-0.1, -0.05) is 47.8 Å². The van der Waals surface area contributed by atoms with Gasteiger partial charge in [-0.15, -0.1) is 10.2 Å². The molecule has 0 N–H and O–H groups in total. The topological polar surface area (TPSA) is 73.8 Å².